The van der Waals surface area contributed by atoms with E-state index in [2.05, 4.69) is 32.3 Å². The van der Waals surface area contributed by atoms with Gasteiger partial charge in [-0.3, -0.25) is 9.89 Å². The maximum Gasteiger partial charge on any atom is 0.255 e. The predicted molar refractivity (Wildman–Crippen MR) is 98.9 cm³/mol. The molecule has 1 saturated heterocycles. The van der Waals surface area contributed by atoms with Crippen molar-refractivity contribution in [1.82, 2.24) is 15.2 Å². The summed E-state index contributed by atoms with van der Waals surface area (Å²) in [5, 5.41) is 10.9. The van der Waals surface area contributed by atoms with E-state index in [1.54, 1.807) is 18.5 Å². The average molecular weight is 335 g/mol. The van der Waals surface area contributed by atoms with E-state index in [1.165, 1.54) is 12.8 Å². The lowest BCUT2D eigenvalue weighted by molar-refractivity contribution is 0.102. The molecule has 6 heteroatoms. The second kappa shape index (κ2) is 6.55. The number of pyridine rings is 1. The molecular formula is C19H21N5O. The monoisotopic (exact) mass is 335 g/mol. The van der Waals surface area contributed by atoms with Gasteiger partial charge in [0.15, 0.2) is 0 Å². The zero-order chi connectivity index (χ0) is 17.2. The Hall–Kier alpha value is -2.89. The molecule has 0 spiro atoms. The van der Waals surface area contributed by atoms with E-state index in [4.69, 9.17) is 0 Å². The van der Waals surface area contributed by atoms with Crippen LogP contribution in [0.1, 0.15) is 30.1 Å². The van der Waals surface area contributed by atoms with Crippen LogP contribution in [0, 0.1) is 5.92 Å². The molecule has 25 heavy (non-hydrogen) atoms. The third kappa shape index (κ3) is 3.20. The molecule has 3 aromatic rings. The maximum absolute atomic E-state index is 12.7. The van der Waals surface area contributed by atoms with E-state index in [1.807, 2.05) is 24.3 Å². The zero-order valence-corrected chi connectivity index (χ0v) is 14.2. The summed E-state index contributed by atoms with van der Waals surface area (Å²) in [5.74, 6) is 1.39. The SMILES string of the molecule is CC1CCCN(c2cc(C(=O)Nc3cccc4cn[nH]c34)ccn2)C1. The van der Waals surface area contributed by atoms with Crippen molar-refractivity contribution in [3.8, 4) is 0 Å². The van der Waals surface area contributed by atoms with Gasteiger partial charge >= 0.3 is 0 Å². The van der Waals surface area contributed by atoms with Crippen molar-refractivity contribution in [1.29, 1.82) is 0 Å². The normalized spacial score (nSPS) is 17.6. The first-order valence-corrected chi connectivity index (χ1v) is 8.65. The van der Waals surface area contributed by atoms with Gasteiger partial charge < -0.3 is 10.2 Å². The van der Waals surface area contributed by atoms with Crippen molar-refractivity contribution in [2.75, 3.05) is 23.3 Å². The maximum atomic E-state index is 12.7. The van der Waals surface area contributed by atoms with Gasteiger partial charge in [0.05, 0.1) is 17.4 Å². The Kier molecular flexibility index (Phi) is 4.09. The highest BCUT2D eigenvalue weighted by atomic mass is 16.1. The number of fused-ring (bicyclic) bond motifs is 1. The summed E-state index contributed by atoms with van der Waals surface area (Å²) >= 11 is 0. The summed E-state index contributed by atoms with van der Waals surface area (Å²) in [6, 6.07) is 9.35. The second-order valence-electron chi connectivity index (χ2n) is 6.69. The third-order valence-electron chi connectivity index (χ3n) is 4.71. The summed E-state index contributed by atoms with van der Waals surface area (Å²) in [6.07, 6.45) is 5.87. The van der Waals surface area contributed by atoms with Gasteiger partial charge in [-0.1, -0.05) is 19.1 Å². The molecule has 128 valence electrons. The van der Waals surface area contributed by atoms with Crippen LogP contribution < -0.4 is 10.2 Å². The molecule has 1 unspecified atom stereocenters. The molecule has 0 bridgehead atoms. The number of aromatic nitrogens is 3. The molecule has 1 atom stereocenters. The average Bonchev–Trinajstić information content (AvgIpc) is 3.12. The van der Waals surface area contributed by atoms with Crippen LogP contribution >= 0.6 is 0 Å². The number of hydrogen-bond acceptors (Lipinski definition) is 4. The van der Waals surface area contributed by atoms with Crippen LogP contribution in [0.5, 0.6) is 0 Å². The lowest BCUT2D eigenvalue weighted by Gasteiger charge is -2.31. The van der Waals surface area contributed by atoms with E-state index in [0.29, 0.717) is 11.5 Å². The third-order valence-corrected chi connectivity index (χ3v) is 4.71. The van der Waals surface area contributed by atoms with Crippen LogP contribution in [0.3, 0.4) is 0 Å². The Morgan fingerprint density at radius 2 is 2.28 bits per heavy atom. The highest BCUT2D eigenvalue weighted by molar-refractivity contribution is 6.08. The minimum absolute atomic E-state index is 0.143. The number of H-pyrrole nitrogens is 1. The fraction of sp³-hybridized carbons (Fsp3) is 0.316. The number of benzene rings is 1. The Labute approximate surface area is 146 Å². The first kappa shape index (κ1) is 15.6. The van der Waals surface area contributed by atoms with Gasteiger partial charge in [0.1, 0.15) is 5.82 Å². The second-order valence-corrected chi connectivity index (χ2v) is 6.69. The van der Waals surface area contributed by atoms with Gasteiger partial charge in [-0.05, 0) is 37.0 Å². The summed E-state index contributed by atoms with van der Waals surface area (Å²) in [4.78, 5) is 19.4. The van der Waals surface area contributed by atoms with Crippen LogP contribution in [-0.4, -0.2) is 34.2 Å². The highest BCUT2D eigenvalue weighted by Crippen LogP contribution is 2.24. The van der Waals surface area contributed by atoms with Crippen molar-refractivity contribution in [3.05, 3.63) is 48.3 Å². The number of carbonyl (C=O) groups is 1. The topological polar surface area (TPSA) is 73.9 Å². The molecule has 1 fully saturated rings. The van der Waals surface area contributed by atoms with E-state index in [9.17, 15) is 4.79 Å². The lowest BCUT2D eigenvalue weighted by atomic mass is 10.0. The van der Waals surface area contributed by atoms with E-state index in [0.717, 1.165) is 35.5 Å². The number of anilines is 2. The van der Waals surface area contributed by atoms with Gasteiger partial charge in [-0.15, -0.1) is 0 Å². The largest absolute Gasteiger partial charge is 0.356 e. The van der Waals surface area contributed by atoms with Crippen molar-refractivity contribution in [2.45, 2.75) is 19.8 Å². The number of carbonyl (C=O) groups excluding carboxylic acids is 1. The Bertz CT molecular complexity index is 903. The standard InChI is InChI=1S/C19H21N5O/c1-13-4-3-9-24(12-13)17-10-14(7-8-20-17)19(25)22-16-6-2-5-15-11-21-23-18(15)16/h2,5-8,10-11,13H,3-4,9,12H2,1H3,(H,21,23)(H,22,25). The first-order chi connectivity index (χ1) is 12.2. The minimum atomic E-state index is -0.143. The number of rotatable bonds is 3. The van der Waals surface area contributed by atoms with Gasteiger partial charge in [0, 0.05) is 30.2 Å². The molecular weight excluding hydrogens is 314 g/mol. The summed E-state index contributed by atoms with van der Waals surface area (Å²) < 4.78 is 0. The van der Waals surface area contributed by atoms with Crippen LogP contribution in [-0.2, 0) is 0 Å². The van der Waals surface area contributed by atoms with E-state index < -0.39 is 0 Å². The molecule has 1 aromatic carbocycles. The molecule has 6 nitrogen and oxygen atoms in total. The van der Waals surface area contributed by atoms with Gasteiger partial charge in [-0.2, -0.15) is 5.10 Å². The Morgan fingerprint density at radius 3 is 3.16 bits per heavy atom. The summed E-state index contributed by atoms with van der Waals surface area (Å²) in [7, 11) is 0. The quantitative estimate of drug-likeness (QED) is 0.769. The van der Waals surface area contributed by atoms with Crippen LogP contribution in [0.2, 0.25) is 0 Å². The number of aromatic amines is 1. The molecule has 0 radical (unpaired) electrons. The van der Waals surface area contributed by atoms with E-state index in [-0.39, 0.29) is 5.91 Å². The van der Waals surface area contributed by atoms with Gasteiger partial charge in [0.25, 0.3) is 5.91 Å². The van der Waals surface area contributed by atoms with Crippen LogP contribution in [0.4, 0.5) is 11.5 Å². The number of para-hydroxylation sites is 1. The molecule has 4 rings (SSSR count). The molecule has 1 aliphatic rings. The molecule has 0 saturated carbocycles. The Balaban J connectivity index is 1.56. The number of piperidine rings is 1. The van der Waals surface area contributed by atoms with E-state index >= 15 is 0 Å². The molecule has 2 N–H and O–H groups in total. The summed E-state index contributed by atoms with van der Waals surface area (Å²) in [5.41, 5.74) is 2.17. The fourth-order valence-corrected chi connectivity index (χ4v) is 3.40. The molecule has 0 aliphatic carbocycles. The first-order valence-electron chi connectivity index (χ1n) is 8.65. The molecule has 1 amide bonds. The van der Waals surface area contributed by atoms with Crippen molar-refractivity contribution >= 4 is 28.3 Å². The van der Waals surface area contributed by atoms with Crippen LogP contribution in [0.15, 0.2) is 42.7 Å². The van der Waals surface area contributed by atoms with Crippen LogP contribution in [0.25, 0.3) is 10.9 Å². The van der Waals surface area contributed by atoms with Crippen molar-refractivity contribution < 1.29 is 4.79 Å². The number of nitrogens with one attached hydrogen (secondary N) is 2. The molecule has 2 aromatic heterocycles. The molecule has 3 heterocycles. The minimum Gasteiger partial charge on any atom is -0.356 e. The lowest BCUT2D eigenvalue weighted by Crippen LogP contribution is -2.34. The highest BCUT2D eigenvalue weighted by Gasteiger charge is 2.19. The number of amides is 1. The predicted octanol–water partition coefficient (Wildman–Crippen LogP) is 3.45. The summed E-state index contributed by atoms with van der Waals surface area (Å²) in [6.45, 7) is 4.25. The number of hydrogen-bond donors (Lipinski definition) is 2. The smallest absolute Gasteiger partial charge is 0.255 e. The Morgan fingerprint density at radius 1 is 1.36 bits per heavy atom. The number of nitrogens with zero attached hydrogens (tertiary/aromatic N) is 3. The van der Waals surface area contributed by atoms with Gasteiger partial charge in [0.2, 0.25) is 0 Å². The molecule has 1 aliphatic heterocycles. The zero-order valence-electron chi connectivity index (χ0n) is 14.2. The van der Waals surface area contributed by atoms with Gasteiger partial charge in [-0.25, -0.2) is 4.98 Å². The van der Waals surface area contributed by atoms with Crippen molar-refractivity contribution in [2.24, 2.45) is 5.92 Å². The fourth-order valence-electron chi connectivity index (χ4n) is 3.40. The van der Waals surface area contributed by atoms with Crippen molar-refractivity contribution in [3.63, 3.8) is 0 Å².